The fourth-order valence-electron chi connectivity index (χ4n) is 3.21. The number of aromatic amines is 1. The van der Waals surface area contributed by atoms with E-state index in [1.54, 1.807) is 30.7 Å². The minimum atomic E-state index is -4.53. The molecule has 4 heterocycles. The third-order valence-electron chi connectivity index (χ3n) is 5.02. The van der Waals surface area contributed by atoms with Gasteiger partial charge in [-0.3, -0.25) is 4.79 Å². The van der Waals surface area contributed by atoms with Gasteiger partial charge in [0.2, 0.25) is 5.95 Å². The van der Waals surface area contributed by atoms with Gasteiger partial charge < -0.3 is 15.6 Å². The zero-order valence-corrected chi connectivity index (χ0v) is 17.7. The van der Waals surface area contributed by atoms with Crippen molar-refractivity contribution >= 4 is 28.4 Å². The Bertz CT molecular complexity index is 1280. The van der Waals surface area contributed by atoms with Gasteiger partial charge in [0.25, 0.3) is 5.91 Å². The van der Waals surface area contributed by atoms with Crippen LogP contribution in [-0.2, 0) is 0 Å². The molecule has 1 amide bonds. The van der Waals surface area contributed by atoms with Crippen LogP contribution in [0.25, 0.3) is 27.7 Å². The predicted molar refractivity (Wildman–Crippen MR) is 114 cm³/mol. The molecule has 8 nitrogen and oxygen atoms in total. The Kier molecular flexibility index (Phi) is 5.49. The Balaban J connectivity index is 1.66. The lowest BCUT2D eigenvalue weighted by molar-refractivity contribution is -0.149. The van der Waals surface area contributed by atoms with Gasteiger partial charge >= 0.3 is 6.18 Å². The average molecular weight is 445 g/mol. The number of carbonyl (C=O) groups excluding carboxylic acids is 1. The lowest BCUT2D eigenvalue weighted by Crippen LogP contribution is -2.43. The van der Waals surface area contributed by atoms with Crippen molar-refractivity contribution in [2.24, 2.45) is 5.92 Å². The summed E-state index contributed by atoms with van der Waals surface area (Å²) in [7, 11) is 0. The molecule has 0 aliphatic carbocycles. The van der Waals surface area contributed by atoms with E-state index in [0.29, 0.717) is 23.0 Å². The molecule has 4 aromatic heterocycles. The van der Waals surface area contributed by atoms with Gasteiger partial charge in [-0.05, 0) is 30.5 Å². The number of anilines is 1. The monoisotopic (exact) mass is 445 g/mol. The SMILES string of the molecule is CC(C)CNc1ncc2c(-c3ccn4ncc(C(=O)N[C@H](C)C(F)(F)F)c4c3)c[nH]c2n1. The molecule has 0 unspecified atom stereocenters. The summed E-state index contributed by atoms with van der Waals surface area (Å²) in [4.78, 5) is 24.4. The van der Waals surface area contributed by atoms with Crippen molar-refractivity contribution in [2.75, 3.05) is 11.9 Å². The number of nitrogens with one attached hydrogen (secondary N) is 3. The van der Waals surface area contributed by atoms with E-state index in [4.69, 9.17) is 0 Å². The first kappa shape index (κ1) is 21.6. The number of halogens is 3. The third-order valence-corrected chi connectivity index (χ3v) is 5.02. The Labute approximate surface area is 181 Å². The molecule has 0 aromatic carbocycles. The molecule has 1 atom stereocenters. The molecular formula is C21H22F3N7O. The van der Waals surface area contributed by atoms with Crippen molar-refractivity contribution in [3.63, 3.8) is 0 Å². The molecule has 0 radical (unpaired) electrons. The van der Waals surface area contributed by atoms with Gasteiger partial charge in [-0.2, -0.15) is 23.3 Å². The van der Waals surface area contributed by atoms with Crippen LogP contribution in [0.15, 0.2) is 36.9 Å². The first-order valence-corrected chi connectivity index (χ1v) is 10.1. The Morgan fingerprint density at radius 2 is 2.03 bits per heavy atom. The molecule has 0 spiro atoms. The van der Waals surface area contributed by atoms with Crippen LogP contribution in [0, 0.1) is 5.92 Å². The number of H-pyrrole nitrogens is 1. The maximum absolute atomic E-state index is 12.8. The lowest BCUT2D eigenvalue weighted by Gasteiger charge is -2.16. The second kappa shape index (κ2) is 8.13. The molecular weight excluding hydrogens is 423 g/mol. The topological polar surface area (TPSA) is 100 Å². The number of pyridine rings is 1. The molecule has 3 N–H and O–H groups in total. The van der Waals surface area contributed by atoms with Crippen molar-refractivity contribution in [1.82, 2.24) is 29.9 Å². The van der Waals surface area contributed by atoms with Crippen LogP contribution in [0.4, 0.5) is 19.1 Å². The summed E-state index contributed by atoms with van der Waals surface area (Å²) in [5, 5.41) is 10.00. The standard InChI is InChI=1S/C21H22F3N7O/c1-11(2)7-26-20-27-9-15-14(8-25-18(15)30-20)13-4-5-31-17(6-13)16(10-28-31)19(32)29-12(3)21(22,23)24/h4-6,8-12H,7H2,1-3H3,(H,29,32)(H2,25,26,27,30)/t12-/m1/s1. The van der Waals surface area contributed by atoms with Gasteiger partial charge in [-0.1, -0.05) is 13.8 Å². The van der Waals surface area contributed by atoms with Gasteiger partial charge in [-0.15, -0.1) is 0 Å². The molecule has 0 fully saturated rings. The average Bonchev–Trinajstić information content (AvgIpc) is 3.34. The Hall–Kier alpha value is -3.63. The van der Waals surface area contributed by atoms with E-state index < -0.39 is 18.1 Å². The van der Waals surface area contributed by atoms with Crippen LogP contribution < -0.4 is 10.6 Å². The minimum Gasteiger partial charge on any atom is -0.354 e. The molecule has 4 rings (SSSR count). The number of aromatic nitrogens is 5. The van der Waals surface area contributed by atoms with Crippen molar-refractivity contribution in [3.8, 4) is 11.1 Å². The zero-order valence-electron chi connectivity index (χ0n) is 17.7. The number of amides is 1. The minimum absolute atomic E-state index is 0.0548. The molecule has 0 saturated carbocycles. The van der Waals surface area contributed by atoms with Crippen molar-refractivity contribution < 1.29 is 18.0 Å². The molecule has 4 aromatic rings. The second-order valence-electron chi connectivity index (χ2n) is 7.97. The predicted octanol–water partition coefficient (Wildman–Crippen LogP) is 4.02. The number of hydrogen-bond donors (Lipinski definition) is 3. The zero-order chi connectivity index (χ0) is 23.0. The number of alkyl halides is 3. The van der Waals surface area contributed by atoms with E-state index >= 15 is 0 Å². The number of hydrogen-bond acceptors (Lipinski definition) is 5. The fourth-order valence-corrected chi connectivity index (χ4v) is 3.21. The summed E-state index contributed by atoms with van der Waals surface area (Å²) >= 11 is 0. The number of fused-ring (bicyclic) bond motifs is 2. The van der Waals surface area contributed by atoms with Crippen molar-refractivity contribution in [3.05, 3.63) is 42.5 Å². The molecule has 11 heteroatoms. The summed E-state index contributed by atoms with van der Waals surface area (Å²) < 4.78 is 39.9. The van der Waals surface area contributed by atoms with Gasteiger partial charge in [-0.25, -0.2) is 9.50 Å². The summed E-state index contributed by atoms with van der Waals surface area (Å²) in [5.41, 5.74) is 2.63. The van der Waals surface area contributed by atoms with E-state index in [1.165, 1.54) is 10.7 Å². The number of rotatable bonds is 6. The van der Waals surface area contributed by atoms with E-state index in [2.05, 4.69) is 39.2 Å². The maximum Gasteiger partial charge on any atom is 0.408 e. The van der Waals surface area contributed by atoms with Crippen LogP contribution in [0.3, 0.4) is 0 Å². The highest BCUT2D eigenvalue weighted by Gasteiger charge is 2.37. The highest BCUT2D eigenvalue weighted by molar-refractivity contribution is 6.02. The van der Waals surface area contributed by atoms with Gasteiger partial charge in [0.05, 0.1) is 17.3 Å². The van der Waals surface area contributed by atoms with E-state index in [1.807, 2.05) is 5.32 Å². The normalized spacial score (nSPS) is 13.1. The summed E-state index contributed by atoms with van der Waals surface area (Å²) in [6, 6.07) is 1.53. The quantitative estimate of drug-likeness (QED) is 0.416. The van der Waals surface area contributed by atoms with Crippen LogP contribution in [0.2, 0.25) is 0 Å². The highest BCUT2D eigenvalue weighted by atomic mass is 19.4. The summed E-state index contributed by atoms with van der Waals surface area (Å²) in [6.07, 6.45) is 1.85. The molecule has 0 aliphatic rings. The van der Waals surface area contributed by atoms with E-state index in [-0.39, 0.29) is 5.56 Å². The van der Waals surface area contributed by atoms with Crippen LogP contribution in [-0.4, -0.2) is 49.2 Å². The molecule has 0 saturated heterocycles. The van der Waals surface area contributed by atoms with E-state index in [0.717, 1.165) is 30.0 Å². The van der Waals surface area contributed by atoms with Gasteiger partial charge in [0.1, 0.15) is 11.7 Å². The van der Waals surface area contributed by atoms with Crippen molar-refractivity contribution in [1.29, 1.82) is 0 Å². The first-order chi connectivity index (χ1) is 15.1. The molecule has 32 heavy (non-hydrogen) atoms. The van der Waals surface area contributed by atoms with Crippen molar-refractivity contribution in [2.45, 2.75) is 33.0 Å². The lowest BCUT2D eigenvalue weighted by atomic mass is 10.1. The van der Waals surface area contributed by atoms with Gasteiger partial charge in [0.15, 0.2) is 0 Å². The van der Waals surface area contributed by atoms with Crippen LogP contribution >= 0.6 is 0 Å². The molecule has 168 valence electrons. The second-order valence-corrected chi connectivity index (χ2v) is 7.97. The number of carbonyl (C=O) groups is 1. The maximum atomic E-state index is 12.8. The van der Waals surface area contributed by atoms with E-state index in [9.17, 15) is 18.0 Å². The summed E-state index contributed by atoms with van der Waals surface area (Å²) in [6.45, 7) is 5.81. The Morgan fingerprint density at radius 3 is 2.75 bits per heavy atom. The third kappa shape index (κ3) is 4.23. The highest BCUT2D eigenvalue weighted by Crippen LogP contribution is 2.29. The smallest absolute Gasteiger partial charge is 0.354 e. The Morgan fingerprint density at radius 1 is 1.25 bits per heavy atom. The molecule has 0 aliphatic heterocycles. The molecule has 0 bridgehead atoms. The fraction of sp³-hybridized carbons (Fsp3) is 0.333. The van der Waals surface area contributed by atoms with Gasteiger partial charge in [0, 0.05) is 36.1 Å². The first-order valence-electron chi connectivity index (χ1n) is 10.1. The van der Waals surface area contributed by atoms with Crippen LogP contribution in [0.5, 0.6) is 0 Å². The number of nitrogens with zero attached hydrogens (tertiary/aromatic N) is 4. The largest absolute Gasteiger partial charge is 0.408 e. The summed E-state index contributed by atoms with van der Waals surface area (Å²) in [5.74, 6) is 0.120. The van der Waals surface area contributed by atoms with Crippen LogP contribution in [0.1, 0.15) is 31.1 Å².